The van der Waals surface area contributed by atoms with E-state index in [1.807, 2.05) is 19.1 Å². The molecule has 0 saturated carbocycles. The van der Waals surface area contributed by atoms with Crippen LogP contribution in [-0.4, -0.2) is 49.5 Å². The van der Waals surface area contributed by atoms with E-state index in [0.29, 0.717) is 11.3 Å². The summed E-state index contributed by atoms with van der Waals surface area (Å²) in [6, 6.07) is 12.4. The molecule has 1 saturated heterocycles. The van der Waals surface area contributed by atoms with E-state index < -0.39 is 23.8 Å². The third-order valence-corrected chi connectivity index (χ3v) is 5.79. The molecule has 2 N–H and O–H groups in total. The number of hydrogen-bond acceptors (Lipinski definition) is 8. The van der Waals surface area contributed by atoms with Gasteiger partial charge in [0.2, 0.25) is 5.76 Å². The molecule has 0 atom stereocenters. The smallest absolute Gasteiger partial charge is 0.373 e. The normalized spacial score (nSPS) is 13.8. The molecule has 202 valence electrons. The highest BCUT2D eigenvalue weighted by molar-refractivity contribution is 6.31. The van der Waals surface area contributed by atoms with E-state index in [9.17, 15) is 19.2 Å². The van der Waals surface area contributed by atoms with Crippen molar-refractivity contribution in [1.82, 2.24) is 10.2 Å². The van der Waals surface area contributed by atoms with Crippen LogP contribution in [0.3, 0.4) is 0 Å². The lowest BCUT2D eigenvalue weighted by Gasteiger charge is -2.14. The number of nitrogens with zero attached hydrogens (tertiary/aromatic N) is 1. The van der Waals surface area contributed by atoms with Gasteiger partial charge in [0.15, 0.2) is 18.1 Å². The maximum absolute atomic E-state index is 13.0. The molecule has 11 nitrogen and oxygen atoms in total. The SMILES string of the molecule is COC(=O)c1ccc(CN2C(=O)N/C(=C\c3cc(Cl)cc(OC)c3OCC(=O)Nc3ccc(C)cc3)C2=O)o1. The summed E-state index contributed by atoms with van der Waals surface area (Å²) < 4.78 is 21.1. The van der Waals surface area contributed by atoms with Crippen molar-refractivity contribution < 1.29 is 37.8 Å². The average molecular weight is 554 g/mol. The molecule has 0 radical (unpaired) electrons. The van der Waals surface area contributed by atoms with E-state index in [1.165, 1.54) is 44.6 Å². The number of halogens is 1. The molecule has 1 aliphatic rings. The van der Waals surface area contributed by atoms with Gasteiger partial charge in [-0.2, -0.15) is 0 Å². The Hall–Kier alpha value is -4.77. The maximum Gasteiger partial charge on any atom is 0.373 e. The van der Waals surface area contributed by atoms with Gasteiger partial charge in [-0.3, -0.25) is 14.5 Å². The second-order valence-electron chi connectivity index (χ2n) is 8.37. The van der Waals surface area contributed by atoms with Crippen molar-refractivity contribution in [2.24, 2.45) is 0 Å². The number of carbonyl (C=O) groups excluding carboxylic acids is 4. The molecule has 0 bridgehead atoms. The molecule has 1 aromatic heterocycles. The molecule has 0 spiro atoms. The summed E-state index contributed by atoms with van der Waals surface area (Å²) in [5.41, 5.74) is 1.88. The van der Waals surface area contributed by atoms with E-state index >= 15 is 0 Å². The van der Waals surface area contributed by atoms with Gasteiger partial charge in [0.1, 0.15) is 11.5 Å². The number of carbonyl (C=O) groups is 4. The van der Waals surface area contributed by atoms with Crippen LogP contribution in [0.1, 0.15) is 27.4 Å². The minimum atomic E-state index is -0.698. The van der Waals surface area contributed by atoms with Crippen LogP contribution in [0.15, 0.2) is 58.6 Å². The lowest BCUT2D eigenvalue weighted by Crippen LogP contribution is -2.30. The quantitative estimate of drug-likeness (QED) is 0.229. The van der Waals surface area contributed by atoms with E-state index in [1.54, 1.807) is 12.1 Å². The number of hydrogen-bond donors (Lipinski definition) is 2. The maximum atomic E-state index is 13.0. The zero-order valence-corrected chi connectivity index (χ0v) is 22.0. The number of benzene rings is 2. The fourth-order valence-electron chi connectivity index (χ4n) is 3.67. The van der Waals surface area contributed by atoms with Crippen molar-refractivity contribution in [3.8, 4) is 11.5 Å². The molecule has 1 fully saturated rings. The van der Waals surface area contributed by atoms with Gasteiger partial charge < -0.3 is 29.3 Å². The highest BCUT2D eigenvalue weighted by Gasteiger charge is 2.35. The first-order chi connectivity index (χ1) is 18.7. The lowest BCUT2D eigenvalue weighted by molar-refractivity contribution is -0.123. The van der Waals surface area contributed by atoms with Crippen molar-refractivity contribution in [2.75, 3.05) is 26.1 Å². The standard InChI is InChI=1S/C27H24ClN3O8/c1-15-4-6-18(7-5-15)29-23(32)14-38-24-16(10-17(28)12-22(24)36-2)11-20-25(33)31(27(35)30-20)13-19-8-9-21(39-19)26(34)37-3/h4-12H,13-14H2,1-3H3,(H,29,32)(H,30,35)/b20-11-. The van der Waals surface area contributed by atoms with Gasteiger partial charge in [-0.15, -0.1) is 0 Å². The van der Waals surface area contributed by atoms with Gasteiger partial charge in [-0.05, 0) is 43.3 Å². The van der Waals surface area contributed by atoms with Gasteiger partial charge in [-0.1, -0.05) is 29.3 Å². The molecular weight excluding hydrogens is 530 g/mol. The van der Waals surface area contributed by atoms with Gasteiger partial charge >= 0.3 is 12.0 Å². The van der Waals surface area contributed by atoms with Crippen LogP contribution < -0.4 is 20.1 Å². The minimum absolute atomic E-state index is 0.0606. The zero-order chi connectivity index (χ0) is 28.1. The largest absolute Gasteiger partial charge is 0.493 e. The second kappa shape index (κ2) is 11.7. The van der Waals surface area contributed by atoms with Gasteiger partial charge in [-0.25, -0.2) is 9.59 Å². The van der Waals surface area contributed by atoms with Gasteiger partial charge in [0.25, 0.3) is 11.8 Å². The zero-order valence-electron chi connectivity index (χ0n) is 21.2. The number of ether oxygens (including phenoxy) is 3. The van der Waals surface area contributed by atoms with Crippen LogP contribution in [0.2, 0.25) is 5.02 Å². The number of amides is 4. The predicted molar refractivity (Wildman–Crippen MR) is 140 cm³/mol. The van der Waals surface area contributed by atoms with Gasteiger partial charge in [0.05, 0.1) is 20.8 Å². The summed E-state index contributed by atoms with van der Waals surface area (Å²) in [5.74, 6) is -1.26. The Balaban J connectivity index is 1.53. The van der Waals surface area contributed by atoms with E-state index in [0.717, 1.165) is 10.5 Å². The second-order valence-corrected chi connectivity index (χ2v) is 8.80. The fraction of sp³-hybridized carbons (Fsp3) is 0.185. The Kier molecular flexibility index (Phi) is 8.21. The first-order valence-corrected chi connectivity index (χ1v) is 11.9. The third-order valence-electron chi connectivity index (χ3n) is 5.58. The predicted octanol–water partition coefficient (Wildman–Crippen LogP) is 4.15. The number of aryl methyl sites for hydroxylation is 1. The molecule has 3 aromatic rings. The first-order valence-electron chi connectivity index (χ1n) is 11.6. The van der Waals surface area contributed by atoms with Crippen LogP contribution in [0.5, 0.6) is 11.5 Å². The third kappa shape index (κ3) is 6.39. The highest BCUT2D eigenvalue weighted by Crippen LogP contribution is 2.36. The molecule has 2 aromatic carbocycles. The molecular formula is C27H24ClN3O8. The van der Waals surface area contributed by atoms with Crippen molar-refractivity contribution in [3.63, 3.8) is 0 Å². The van der Waals surface area contributed by atoms with Crippen molar-refractivity contribution in [2.45, 2.75) is 13.5 Å². The van der Waals surface area contributed by atoms with Crippen LogP contribution in [0.4, 0.5) is 10.5 Å². The van der Waals surface area contributed by atoms with Crippen molar-refractivity contribution in [1.29, 1.82) is 0 Å². The summed E-state index contributed by atoms with van der Waals surface area (Å²) in [6.07, 6.45) is 1.36. The molecule has 4 amide bonds. The van der Waals surface area contributed by atoms with Gasteiger partial charge in [0, 0.05) is 22.3 Å². The number of methoxy groups -OCH3 is 2. The Bertz CT molecular complexity index is 1460. The summed E-state index contributed by atoms with van der Waals surface area (Å²) >= 11 is 6.23. The topological polar surface area (TPSA) is 136 Å². The van der Waals surface area contributed by atoms with Crippen LogP contribution in [-0.2, 0) is 20.9 Å². The monoisotopic (exact) mass is 553 g/mol. The Labute approximate surface area is 228 Å². The molecule has 0 unspecified atom stereocenters. The molecule has 0 aliphatic carbocycles. The minimum Gasteiger partial charge on any atom is -0.493 e. The van der Waals surface area contributed by atoms with E-state index in [2.05, 4.69) is 15.4 Å². The number of furan rings is 1. The van der Waals surface area contributed by atoms with Crippen LogP contribution in [0, 0.1) is 6.92 Å². The number of imide groups is 1. The molecule has 1 aliphatic heterocycles. The summed E-state index contributed by atoms with van der Waals surface area (Å²) in [7, 11) is 2.61. The summed E-state index contributed by atoms with van der Waals surface area (Å²) in [5, 5.41) is 5.50. The number of anilines is 1. The summed E-state index contributed by atoms with van der Waals surface area (Å²) in [4.78, 5) is 50.6. The molecule has 2 heterocycles. The number of nitrogens with one attached hydrogen (secondary N) is 2. The van der Waals surface area contributed by atoms with Crippen molar-refractivity contribution >= 4 is 47.2 Å². The van der Waals surface area contributed by atoms with E-state index in [-0.39, 0.29) is 46.9 Å². The van der Waals surface area contributed by atoms with E-state index in [4.69, 9.17) is 25.5 Å². The van der Waals surface area contributed by atoms with Crippen molar-refractivity contribution in [3.05, 3.63) is 81.9 Å². The highest BCUT2D eigenvalue weighted by atomic mass is 35.5. The Morgan fingerprint density at radius 2 is 1.85 bits per heavy atom. The number of esters is 1. The lowest BCUT2D eigenvalue weighted by atomic mass is 10.1. The van der Waals surface area contributed by atoms with Crippen LogP contribution in [0.25, 0.3) is 6.08 Å². The molecule has 4 rings (SSSR count). The number of urea groups is 1. The molecule has 39 heavy (non-hydrogen) atoms. The fourth-order valence-corrected chi connectivity index (χ4v) is 3.89. The molecule has 12 heteroatoms. The van der Waals surface area contributed by atoms with Crippen LogP contribution >= 0.6 is 11.6 Å². The first kappa shape index (κ1) is 27.3. The number of rotatable bonds is 9. The summed E-state index contributed by atoms with van der Waals surface area (Å²) in [6.45, 7) is 1.35. The average Bonchev–Trinajstić information content (AvgIpc) is 3.49. The Morgan fingerprint density at radius 3 is 2.54 bits per heavy atom. The Morgan fingerprint density at radius 1 is 1.10 bits per heavy atom.